The fraction of sp³-hybridized carbons (Fsp3) is 0.333. The molecule has 0 spiro atoms. The molecule has 3 heterocycles. The summed E-state index contributed by atoms with van der Waals surface area (Å²) in [6.45, 7) is 1.01. The molecule has 6 rings (SSSR count). The van der Waals surface area contributed by atoms with E-state index in [9.17, 15) is 14.7 Å². The van der Waals surface area contributed by atoms with Gasteiger partial charge in [-0.15, -0.1) is 0 Å². The molecule has 1 saturated carbocycles. The van der Waals surface area contributed by atoms with Crippen LogP contribution in [0, 0.1) is 0 Å². The standard InChI is InChI=1S/C27H27N5O3/c33-25(21-10-8-20(9-11-21)19-6-7-19)30-14-12-27(35,13-15-30)17-31-18-28-24-23(26(31)34)16-29-32(24)22-4-2-1-3-5-22/h1-5,8-11,16,18-19,35H,6-7,12-15,17H2. The molecule has 8 nitrogen and oxygen atoms in total. The number of aromatic nitrogens is 4. The van der Waals surface area contributed by atoms with Gasteiger partial charge in [0.1, 0.15) is 11.7 Å². The van der Waals surface area contributed by atoms with Crippen molar-refractivity contribution >= 4 is 16.9 Å². The Bertz CT molecular complexity index is 1430. The van der Waals surface area contributed by atoms with Gasteiger partial charge >= 0.3 is 0 Å². The average Bonchev–Trinajstić information content (AvgIpc) is 3.65. The van der Waals surface area contributed by atoms with Crippen LogP contribution in [0.1, 0.15) is 47.5 Å². The largest absolute Gasteiger partial charge is 0.388 e. The van der Waals surface area contributed by atoms with Crippen molar-refractivity contribution in [3.05, 3.63) is 88.6 Å². The van der Waals surface area contributed by atoms with Crippen LogP contribution < -0.4 is 5.56 Å². The summed E-state index contributed by atoms with van der Waals surface area (Å²) >= 11 is 0. The minimum atomic E-state index is -1.08. The number of aliphatic hydroxyl groups is 1. The molecule has 0 unspecified atom stereocenters. The highest BCUT2D eigenvalue weighted by atomic mass is 16.3. The number of fused-ring (bicyclic) bond motifs is 1. The number of carbonyl (C=O) groups is 1. The van der Waals surface area contributed by atoms with Gasteiger partial charge < -0.3 is 10.0 Å². The summed E-state index contributed by atoms with van der Waals surface area (Å²) in [5, 5.41) is 16.0. The quantitative estimate of drug-likeness (QED) is 0.485. The zero-order valence-corrected chi connectivity index (χ0v) is 19.4. The Morgan fingerprint density at radius 1 is 1.03 bits per heavy atom. The highest BCUT2D eigenvalue weighted by molar-refractivity contribution is 5.94. The van der Waals surface area contributed by atoms with E-state index in [-0.39, 0.29) is 18.0 Å². The lowest BCUT2D eigenvalue weighted by atomic mass is 9.90. The summed E-state index contributed by atoms with van der Waals surface area (Å²) in [7, 11) is 0. The van der Waals surface area contributed by atoms with E-state index in [1.165, 1.54) is 35.5 Å². The van der Waals surface area contributed by atoms with Gasteiger partial charge in [-0.05, 0) is 61.4 Å². The Balaban J connectivity index is 1.15. The summed E-state index contributed by atoms with van der Waals surface area (Å²) in [5.74, 6) is 0.650. The maximum atomic E-state index is 13.1. The Morgan fingerprint density at radius 3 is 2.43 bits per heavy atom. The first-order valence-corrected chi connectivity index (χ1v) is 12.1. The lowest BCUT2D eigenvalue weighted by molar-refractivity contribution is -0.0299. The molecule has 1 saturated heterocycles. The van der Waals surface area contributed by atoms with Gasteiger partial charge in [-0.2, -0.15) is 5.10 Å². The number of hydrogen-bond acceptors (Lipinski definition) is 5. The van der Waals surface area contributed by atoms with Crippen LogP contribution in [-0.4, -0.2) is 53.9 Å². The van der Waals surface area contributed by atoms with E-state index in [1.807, 2.05) is 42.5 Å². The van der Waals surface area contributed by atoms with Crippen LogP contribution in [0.5, 0.6) is 0 Å². The number of rotatable bonds is 5. The van der Waals surface area contributed by atoms with E-state index in [0.29, 0.717) is 48.4 Å². The van der Waals surface area contributed by atoms with Crippen LogP contribution in [0.15, 0.2) is 71.9 Å². The summed E-state index contributed by atoms with van der Waals surface area (Å²) in [6.07, 6.45) is 6.26. The van der Waals surface area contributed by atoms with Crippen LogP contribution in [-0.2, 0) is 6.54 Å². The molecule has 0 bridgehead atoms. The smallest absolute Gasteiger partial charge is 0.264 e. The molecule has 2 fully saturated rings. The van der Waals surface area contributed by atoms with E-state index in [0.717, 1.165) is 5.69 Å². The number of hydrogen-bond donors (Lipinski definition) is 1. The predicted octanol–water partition coefficient (Wildman–Crippen LogP) is 3.13. The molecule has 0 atom stereocenters. The van der Waals surface area contributed by atoms with Crippen LogP contribution in [0.2, 0.25) is 0 Å². The van der Waals surface area contributed by atoms with Gasteiger partial charge in [0, 0.05) is 18.7 Å². The Kier molecular flexibility index (Phi) is 5.25. The fourth-order valence-electron chi connectivity index (χ4n) is 4.92. The third-order valence-corrected chi connectivity index (χ3v) is 7.21. The zero-order valence-electron chi connectivity index (χ0n) is 19.4. The highest BCUT2D eigenvalue weighted by Gasteiger charge is 2.35. The van der Waals surface area contributed by atoms with Crippen LogP contribution in [0.4, 0.5) is 0 Å². The van der Waals surface area contributed by atoms with Crippen molar-refractivity contribution in [2.75, 3.05) is 13.1 Å². The highest BCUT2D eigenvalue weighted by Crippen LogP contribution is 2.40. The second kappa shape index (κ2) is 8.46. The number of amides is 1. The molecule has 1 aliphatic carbocycles. The van der Waals surface area contributed by atoms with Gasteiger partial charge in [-0.3, -0.25) is 14.2 Å². The van der Waals surface area contributed by atoms with E-state index in [2.05, 4.69) is 22.2 Å². The molecular weight excluding hydrogens is 442 g/mol. The maximum Gasteiger partial charge on any atom is 0.264 e. The Hall–Kier alpha value is -3.78. The lowest BCUT2D eigenvalue weighted by Gasteiger charge is -2.38. The molecule has 4 aromatic rings. The monoisotopic (exact) mass is 469 g/mol. The van der Waals surface area contributed by atoms with Crippen molar-refractivity contribution in [1.29, 1.82) is 0 Å². The molecule has 0 radical (unpaired) electrons. The number of likely N-dealkylation sites (tertiary alicyclic amines) is 1. The molecule has 2 aliphatic rings. The fourth-order valence-corrected chi connectivity index (χ4v) is 4.92. The topological polar surface area (TPSA) is 93.2 Å². The van der Waals surface area contributed by atoms with Gasteiger partial charge in [-0.1, -0.05) is 30.3 Å². The van der Waals surface area contributed by atoms with Crippen molar-refractivity contribution in [3.8, 4) is 5.69 Å². The lowest BCUT2D eigenvalue weighted by Crippen LogP contribution is -2.49. The number of nitrogens with zero attached hydrogens (tertiary/aromatic N) is 5. The van der Waals surface area contributed by atoms with Gasteiger partial charge in [0.2, 0.25) is 0 Å². The molecule has 1 aliphatic heterocycles. The molecule has 2 aromatic heterocycles. The summed E-state index contributed by atoms with van der Waals surface area (Å²) < 4.78 is 3.09. The van der Waals surface area contributed by atoms with Crippen molar-refractivity contribution in [2.45, 2.75) is 43.7 Å². The summed E-state index contributed by atoms with van der Waals surface area (Å²) in [6, 6.07) is 17.5. The molecule has 8 heteroatoms. The van der Waals surface area contributed by atoms with Crippen LogP contribution in [0.3, 0.4) is 0 Å². The van der Waals surface area contributed by atoms with E-state index in [1.54, 1.807) is 9.58 Å². The minimum Gasteiger partial charge on any atom is -0.388 e. The van der Waals surface area contributed by atoms with Crippen LogP contribution in [0.25, 0.3) is 16.7 Å². The van der Waals surface area contributed by atoms with Gasteiger partial charge in [-0.25, -0.2) is 9.67 Å². The van der Waals surface area contributed by atoms with Crippen molar-refractivity contribution in [2.24, 2.45) is 0 Å². The molecule has 35 heavy (non-hydrogen) atoms. The average molecular weight is 470 g/mol. The maximum absolute atomic E-state index is 13.1. The summed E-state index contributed by atoms with van der Waals surface area (Å²) in [4.78, 5) is 32.3. The van der Waals surface area contributed by atoms with E-state index >= 15 is 0 Å². The Morgan fingerprint density at radius 2 is 1.74 bits per heavy atom. The van der Waals surface area contributed by atoms with Gasteiger partial charge in [0.15, 0.2) is 5.65 Å². The second-order valence-corrected chi connectivity index (χ2v) is 9.72. The molecular formula is C27H27N5O3. The number of benzene rings is 2. The number of carbonyl (C=O) groups excluding carboxylic acids is 1. The number of para-hydroxylation sites is 1. The van der Waals surface area contributed by atoms with Crippen molar-refractivity contribution in [3.63, 3.8) is 0 Å². The minimum absolute atomic E-state index is 0.0111. The Labute approximate surface area is 202 Å². The van der Waals surface area contributed by atoms with E-state index in [4.69, 9.17) is 0 Å². The first-order valence-electron chi connectivity index (χ1n) is 12.1. The molecule has 2 aromatic carbocycles. The van der Waals surface area contributed by atoms with Crippen molar-refractivity contribution < 1.29 is 9.90 Å². The predicted molar refractivity (Wildman–Crippen MR) is 132 cm³/mol. The molecule has 1 N–H and O–H groups in total. The normalized spacial score (nSPS) is 17.6. The third kappa shape index (κ3) is 4.14. The van der Waals surface area contributed by atoms with Crippen molar-refractivity contribution in [1.82, 2.24) is 24.2 Å². The van der Waals surface area contributed by atoms with Gasteiger partial charge in [0.25, 0.3) is 11.5 Å². The SMILES string of the molecule is O=C(c1ccc(C2CC2)cc1)N1CCC(O)(Cn2cnc3c(cnn3-c3ccccc3)c2=O)CC1. The van der Waals surface area contributed by atoms with Gasteiger partial charge in [0.05, 0.1) is 24.0 Å². The first-order chi connectivity index (χ1) is 17.0. The molecule has 178 valence electrons. The number of piperidine rings is 1. The third-order valence-electron chi connectivity index (χ3n) is 7.21. The van der Waals surface area contributed by atoms with E-state index < -0.39 is 5.60 Å². The van der Waals surface area contributed by atoms with Crippen LogP contribution >= 0.6 is 0 Å². The zero-order chi connectivity index (χ0) is 24.0. The second-order valence-electron chi connectivity index (χ2n) is 9.72. The first kappa shape index (κ1) is 21.7. The molecule has 1 amide bonds. The summed E-state index contributed by atoms with van der Waals surface area (Å²) in [5.41, 5.74) is 1.98.